The van der Waals surface area contributed by atoms with Crippen LogP contribution in [0.25, 0.3) is 0 Å². The van der Waals surface area contributed by atoms with E-state index < -0.39 is 11.9 Å². The van der Waals surface area contributed by atoms with Gasteiger partial charge < -0.3 is 15.3 Å². The molecule has 1 fully saturated rings. The minimum absolute atomic E-state index is 0.00613. The van der Waals surface area contributed by atoms with Gasteiger partial charge in [0.1, 0.15) is 11.4 Å². The van der Waals surface area contributed by atoms with Crippen molar-refractivity contribution in [2.45, 2.75) is 18.9 Å². The summed E-state index contributed by atoms with van der Waals surface area (Å²) in [5.41, 5.74) is -0.196. The molecule has 0 atom stereocenters. The van der Waals surface area contributed by atoms with E-state index in [0.717, 1.165) is 12.8 Å². The highest BCUT2D eigenvalue weighted by Crippen LogP contribution is 2.18. The number of likely N-dealkylation sites (N-methyl/N-ethyl adjacent to an activating group) is 1. The van der Waals surface area contributed by atoms with Crippen molar-refractivity contribution in [2.24, 2.45) is 0 Å². The zero-order valence-corrected chi connectivity index (χ0v) is 11.0. The van der Waals surface area contributed by atoms with Gasteiger partial charge in [-0.3, -0.25) is 9.59 Å². The van der Waals surface area contributed by atoms with Crippen molar-refractivity contribution in [2.75, 3.05) is 13.6 Å². The van der Waals surface area contributed by atoms with Crippen molar-refractivity contribution >= 4 is 17.8 Å². The number of carbonyl (C=O) groups is 3. The van der Waals surface area contributed by atoms with Crippen LogP contribution in [-0.2, 0) is 4.79 Å². The Morgan fingerprint density at radius 3 is 2.60 bits per heavy atom. The van der Waals surface area contributed by atoms with Gasteiger partial charge in [-0.15, -0.1) is 0 Å². The third kappa shape index (κ3) is 3.53. The van der Waals surface area contributed by atoms with Crippen LogP contribution in [0.4, 0.5) is 0 Å². The fourth-order valence-corrected chi connectivity index (χ4v) is 1.66. The van der Waals surface area contributed by atoms with E-state index in [-0.39, 0.29) is 29.9 Å². The Kier molecular flexibility index (Phi) is 3.97. The molecule has 0 bridgehead atoms. The number of carboxylic acids is 1. The highest BCUT2D eigenvalue weighted by molar-refractivity contribution is 5.96. The van der Waals surface area contributed by atoms with Crippen molar-refractivity contribution in [1.82, 2.24) is 15.2 Å². The maximum absolute atomic E-state index is 12.0. The van der Waals surface area contributed by atoms with Crippen molar-refractivity contribution in [3.8, 4) is 0 Å². The first-order chi connectivity index (χ1) is 9.47. The van der Waals surface area contributed by atoms with Crippen LogP contribution < -0.4 is 5.32 Å². The predicted molar refractivity (Wildman–Crippen MR) is 69.3 cm³/mol. The normalized spacial score (nSPS) is 13.7. The number of nitrogens with zero attached hydrogens (tertiary/aromatic N) is 2. The molecule has 2 N–H and O–H groups in total. The fraction of sp³-hybridized carbons (Fsp3) is 0.385. The van der Waals surface area contributed by atoms with E-state index in [1.165, 1.54) is 30.1 Å². The fourth-order valence-electron chi connectivity index (χ4n) is 1.66. The van der Waals surface area contributed by atoms with E-state index in [0.29, 0.717) is 0 Å². The smallest absolute Gasteiger partial charge is 0.354 e. The summed E-state index contributed by atoms with van der Waals surface area (Å²) in [6.07, 6.45) is 1.96. The maximum atomic E-state index is 12.0. The Bertz CT molecular complexity index is 554. The average Bonchev–Trinajstić information content (AvgIpc) is 3.21. The van der Waals surface area contributed by atoms with Gasteiger partial charge in [0.25, 0.3) is 5.91 Å². The number of hydrogen-bond acceptors (Lipinski definition) is 4. The lowest BCUT2D eigenvalue weighted by molar-refractivity contribution is -0.121. The molecule has 0 radical (unpaired) electrons. The molecule has 1 saturated carbocycles. The van der Waals surface area contributed by atoms with Crippen LogP contribution in [0, 0.1) is 0 Å². The zero-order chi connectivity index (χ0) is 14.7. The summed E-state index contributed by atoms with van der Waals surface area (Å²) in [6, 6.07) is 4.41. The molecular weight excluding hydrogens is 262 g/mol. The Morgan fingerprint density at radius 1 is 1.35 bits per heavy atom. The number of amides is 2. The summed E-state index contributed by atoms with van der Waals surface area (Å²) in [5, 5.41) is 11.6. The Morgan fingerprint density at radius 2 is 2.00 bits per heavy atom. The van der Waals surface area contributed by atoms with Crippen molar-refractivity contribution < 1.29 is 19.5 Å². The molecule has 0 spiro atoms. The van der Waals surface area contributed by atoms with Gasteiger partial charge in [0.15, 0.2) is 0 Å². The number of carboxylic acid groups (broad SMARTS) is 1. The third-order valence-corrected chi connectivity index (χ3v) is 2.86. The molecule has 1 aromatic rings. The number of rotatable bonds is 5. The second kappa shape index (κ2) is 5.68. The molecule has 0 aromatic carbocycles. The van der Waals surface area contributed by atoms with Crippen LogP contribution in [0.5, 0.6) is 0 Å². The standard InChI is InChI=1S/C13H15N3O4/c1-16(7-11(17)14-8-5-6-8)12(18)9-3-2-4-10(15-9)13(19)20/h2-4,8H,5-7H2,1H3,(H,14,17)(H,19,20). The largest absolute Gasteiger partial charge is 0.477 e. The van der Waals surface area contributed by atoms with E-state index in [1.807, 2.05) is 0 Å². The van der Waals surface area contributed by atoms with Crippen LogP contribution in [-0.4, -0.2) is 52.4 Å². The zero-order valence-electron chi connectivity index (χ0n) is 11.0. The van der Waals surface area contributed by atoms with Gasteiger partial charge >= 0.3 is 5.97 Å². The van der Waals surface area contributed by atoms with Crippen LogP contribution in [0.1, 0.15) is 33.8 Å². The van der Waals surface area contributed by atoms with Gasteiger partial charge in [0.2, 0.25) is 5.91 Å². The SMILES string of the molecule is CN(CC(=O)NC1CC1)C(=O)c1cccc(C(=O)O)n1. The lowest BCUT2D eigenvalue weighted by Crippen LogP contribution is -2.39. The predicted octanol–water partition coefficient (Wildman–Crippen LogP) is 0.130. The lowest BCUT2D eigenvalue weighted by atomic mass is 10.2. The molecule has 1 heterocycles. The Labute approximate surface area is 115 Å². The maximum Gasteiger partial charge on any atom is 0.354 e. The van der Waals surface area contributed by atoms with Crippen molar-refractivity contribution in [1.29, 1.82) is 0 Å². The van der Waals surface area contributed by atoms with E-state index in [1.54, 1.807) is 0 Å². The molecule has 1 aliphatic rings. The Balaban J connectivity index is 1.99. The van der Waals surface area contributed by atoms with E-state index >= 15 is 0 Å². The van der Waals surface area contributed by atoms with Gasteiger partial charge in [0, 0.05) is 13.1 Å². The first kappa shape index (κ1) is 14.0. The summed E-state index contributed by atoms with van der Waals surface area (Å²) in [5.74, 6) is -1.91. The van der Waals surface area contributed by atoms with Gasteiger partial charge in [-0.05, 0) is 25.0 Å². The molecule has 20 heavy (non-hydrogen) atoms. The van der Waals surface area contributed by atoms with Crippen molar-refractivity contribution in [3.05, 3.63) is 29.6 Å². The summed E-state index contributed by atoms with van der Waals surface area (Å²) < 4.78 is 0. The first-order valence-corrected chi connectivity index (χ1v) is 6.22. The van der Waals surface area contributed by atoms with Crippen LogP contribution in [0.15, 0.2) is 18.2 Å². The molecule has 7 nitrogen and oxygen atoms in total. The van der Waals surface area contributed by atoms with E-state index in [4.69, 9.17) is 5.11 Å². The minimum Gasteiger partial charge on any atom is -0.477 e. The van der Waals surface area contributed by atoms with E-state index in [2.05, 4.69) is 10.3 Å². The molecular formula is C13H15N3O4. The monoisotopic (exact) mass is 277 g/mol. The molecule has 106 valence electrons. The van der Waals surface area contributed by atoms with Gasteiger partial charge in [0.05, 0.1) is 6.54 Å². The molecule has 2 rings (SSSR count). The van der Waals surface area contributed by atoms with E-state index in [9.17, 15) is 14.4 Å². The summed E-state index contributed by atoms with van der Waals surface area (Å²) >= 11 is 0. The molecule has 0 saturated heterocycles. The number of hydrogen-bond donors (Lipinski definition) is 2. The first-order valence-electron chi connectivity index (χ1n) is 6.22. The second-order valence-electron chi connectivity index (χ2n) is 4.72. The average molecular weight is 277 g/mol. The summed E-state index contributed by atoms with van der Waals surface area (Å²) in [6.45, 7) is -0.0751. The van der Waals surface area contributed by atoms with Gasteiger partial charge in [-0.2, -0.15) is 0 Å². The van der Waals surface area contributed by atoms with Crippen LogP contribution in [0.3, 0.4) is 0 Å². The molecule has 7 heteroatoms. The second-order valence-corrected chi connectivity index (χ2v) is 4.72. The molecule has 2 amide bonds. The van der Waals surface area contributed by atoms with Crippen molar-refractivity contribution in [3.63, 3.8) is 0 Å². The lowest BCUT2D eigenvalue weighted by Gasteiger charge is -2.16. The van der Waals surface area contributed by atoms with Gasteiger partial charge in [-0.25, -0.2) is 9.78 Å². The summed E-state index contributed by atoms with van der Waals surface area (Å²) in [7, 11) is 1.48. The highest BCUT2D eigenvalue weighted by Gasteiger charge is 2.24. The Hall–Kier alpha value is -2.44. The quantitative estimate of drug-likeness (QED) is 0.797. The minimum atomic E-state index is -1.20. The number of nitrogens with one attached hydrogen (secondary N) is 1. The third-order valence-electron chi connectivity index (χ3n) is 2.86. The molecule has 0 aliphatic heterocycles. The van der Waals surface area contributed by atoms with Crippen LogP contribution in [0.2, 0.25) is 0 Å². The van der Waals surface area contributed by atoms with Gasteiger partial charge in [-0.1, -0.05) is 6.07 Å². The molecule has 0 unspecified atom stereocenters. The molecule has 1 aliphatic carbocycles. The topological polar surface area (TPSA) is 99.6 Å². The number of aromatic carboxylic acids is 1. The number of carbonyl (C=O) groups excluding carboxylic acids is 2. The highest BCUT2D eigenvalue weighted by atomic mass is 16.4. The summed E-state index contributed by atoms with van der Waals surface area (Å²) in [4.78, 5) is 39.4. The molecule has 1 aromatic heterocycles. The van der Waals surface area contributed by atoms with Crippen LogP contribution >= 0.6 is 0 Å². The number of aromatic nitrogens is 1. The number of pyridine rings is 1.